The van der Waals surface area contributed by atoms with Crippen molar-refractivity contribution in [2.45, 2.75) is 18.5 Å². The number of benzene rings is 1. The van der Waals surface area contributed by atoms with Crippen LogP contribution >= 0.6 is 0 Å². The van der Waals surface area contributed by atoms with Gasteiger partial charge in [0.15, 0.2) is 11.1 Å². The zero-order valence-corrected chi connectivity index (χ0v) is 12.3. The first-order valence-corrected chi connectivity index (χ1v) is 7.01. The Morgan fingerprint density at radius 3 is 1.91 bits per heavy atom. The third kappa shape index (κ3) is 6.74. The van der Waals surface area contributed by atoms with Gasteiger partial charge in [0.1, 0.15) is 5.75 Å². The van der Waals surface area contributed by atoms with Crippen molar-refractivity contribution >= 4 is 15.8 Å². The quantitative estimate of drug-likeness (QED) is 0.332. The number of hydrogen-bond acceptors (Lipinski definition) is 6. The number of alkyl halides is 3. The number of aliphatic hydroxyl groups excluding tert-OH is 1. The van der Waals surface area contributed by atoms with E-state index in [1.165, 1.54) is 31.4 Å². The van der Waals surface area contributed by atoms with Crippen LogP contribution in [0.5, 0.6) is 5.75 Å². The van der Waals surface area contributed by atoms with Crippen LogP contribution in [0.25, 0.3) is 0 Å². The summed E-state index contributed by atoms with van der Waals surface area (Å²) in [6, 6.07) is 5.04. The molecule has 0 radical (unpaired) electrons. The Bertz CT molecular complexity index is 595. The molecule has 126 valence electrons. The summed E-state index contributed by atoms with van der Waals surface area (Å²) in [6.07, 6.45) is -4.68. The topological polar surface area (TPSA) is 116 Å². The molecule has 11 heteroatoms. The van der Waals surface area contributed by atoms with Gasteiger partial charge in [-0.15, -0.1) is 0 Å². The summed E-state index contributed by atoms with van der Waals surface area (Å²) < 4.78 is 68.7. The van der Waals surface area contributed by atoms with Crippen LogP contribution in [0, 0.1) is 0 Å². The van der Waals surface area contributed by atoms with Crippen LogP contribution in [0.3, 0.4) is 0 Å². The number of rotatable bonds is 3. The first-order valence-electron chi connectivity index (χ1n) is 5.51. The van der Waals surface area contributed by atoms with Crippen LogP contribution in [0.2, 0.25) is 0 Å². The van der Waals surface area contributed by atoms with E-state index in [1.54, 1.807) is 0 Å². The van der Waals surface area contributed by atoms with Gasteiger partial charge in [0, 0.05) is 5.56 Å². The molecule has 1 unspecified atom stereocenters. The van der Waals surface area contributed by atoms with Gasteiger partial charge in [0.2, 0.25) is 0 Å². The average Bonchev–Trinajstić information content (AvgIpc) is 2.38. The summed E-state index contributed by atoms with van der Waals surface area (Å²) in [7, 11) is -2.78. The van der Waals surface area contributed by atoms with Crippen LogP contribution in [0.4, 0.5) is 13.2 Å². The molecule has 0 aliphatic rings. The molecule has 0 saturated heterocycles. The molecule has 1 rings (SSSR count). The number of aliphatic hydroxyl groups is 1. The van der Waals surface area contributed by atoms with E-state index in [9.17, 15) is 21.6 Å². The SMILES string of the molecule is CC(O)S(=O)(=O)O.COc1ccc(C(=NO)C(F)(F)F)cc1. The van der Waals surface area contributed by atoms with Gasteiger partial charge in [0.05, 0.1) is 7.11 Å². The molecule has 0 aliphatic carbocycles. The van der Waals surface area contributed by atoms with E-state index in [-0.39, 0.29) is 5.56 Å². The lowest BCUT2D eigenvalue weighted by Crippen LogP contribution is -2.23. The molecule has 3 N–H and O–H groups in total. The second-order valence-corrected chi connectivity index (χ2v) is 5.50. The van der Waals surface area contributed by atoms with Gasteiger partial charge >= 0.3 is 6.18 Å². The summed E-state index contributed by atoms with van der Waals surface area (Å²) in [6.45, 7) is 0.968. The minimum absolute atomic E-state index is 0.217. The van der Waals surface area contributed by atoms with Crippen LogP contribution in [-0.4, -0.2) is 47.7 Å². The molecule has 1 aromatic carbocycles. The summed E-state index contributed by atoms with van der Waals surface area (Å²) in [5, 5.41) is 18.6. The van der Waals surface area contributed by atoms with Gasteiger partial charge in [-0.3, -0.25) is 4.55 Å². The lowest BCUT2D eigenvalue weighted by molar-refractivity contribution is -0.0601. The molecule has 0 heterocycles. The van der Waals surface area contributed by atoms with Crippen molar-refractivity contribution in [1.29, 1.82) is 0 Å². The van der Waals surface area contributed by atoms with E-state index in [1.807, 2.05) is 0 Å². The number of nitrogens with zero attached hydrogens (tertiary/aromatic N) is 1. The predicted molar refractivity (Wildman–Crippen MR) is 70.6 cm³/mol. The van der Waals surface area contributed by atoms with Crippen molar-refractivity contribution in [2.75, 3.05) is 7.11 Å². The number of methoxy groups -OCH3 is 1. The molecule has 0 saturated carbocycles. The Morgan fingerprint density at radius 2 is 1.68 bits per heavy atom. The molecule has 22 heavy (non-hydrogen) atoms. The van der Waals surface area contributed by atoms with Gasteiger partial charge < -0.3 is 15.1 Å². The van der Waals surface area contributed by atoms with E-state index in [0.717, 1.165) is 6.92 Å². The van der Waals surface area contributed by atoms with Crippen molar-refractivity contribution in [2.24, 2.45) is 5.16 Å². The predicted octanol–water partition coefficient (Wildman–Crippen LogP) is 1.65. The minimum Gasteiger partial charge on any atom is -0.497 e. The fourth-order valence-corrected chi connectivity index (χ4v) is 1.03. The lowest BCUT2D eigenvalue weighted by Gasteiger charge is -2.08. The van der Waals surface area contributed by atoms with Gasteiger partial charge in [-0.05, 0) is 31.2 Å². The molecule has 7 nitrogen and oxygen atoms in total. The molecule has 1 atom stereocenters. The molecule has 0 aromatic heterocycles. The Labute approximate surface area is 124 Å². The molecule has 0 aliphatic heterocycles. The van der Waals surface area contributed by atoms with Gasteiger partial charge in [-0.25, -0.2) is 0 Å². The molecular formula is C11H14F3NO6S. The maximum atomic E-state index is 12.3. The maximum Gasteiger partial charge on any atom is 0.437 e. The molecule has 0 fully saturated rings. The minimum atomic E-state index is -4.68. The van der Waals surface area contributed by atoms with E-state index in [0.29, 0.717) is 5.75 Å². The van der Waals surface area contributed by atoms with E-state index in [4.69, 9.17) is 19.6 Å². The highest BCUT2D eigenvalue weighted by Gasteiger charge is 2.37. The van der Waals surface area contributed by atoms with Crippen molar-refractivity contribution in [1.82, 2.24) is 0 Å². The zero-order valence-electron chi connectivity index (χ0n) is 11.4. The third-order valence-electron chi connectivity index (χ3n) is 2.16. The van der Waals surface area contributed by atoms with Crippen LogP contribution in [0.15, 0.2) is 29.4 Å². The highest BCUT2D eigenvalue weighted by molar-refractivity contribution is 7.86. The van der Waals surface area contributed by atoms with Crippen molar-refractivity contribution in [3.8, 4) is 5.75 Å². The monoisotopic (exact) mass is 345 g/mol. The lowest BCUT2D eigenvalue weighted by atomic mass is 10.1. The maximum absolute atomic E-state index is 12.3. The number of hydrogen-bond donors (Lipinski definition) is 3. The molecule has 1 aromatic rings. The smallest absolute Gasteiger partial charge is 0.437 e. The molecule has 0 spiro atoms. The largest absolute Gasteiger partial charge is 0.497 e. The summed E-state index contributed by atoms with van der Waals surface area (Å²) in [5.74, 6) is 0.429. The van der Waals surface area contributed by atoms with Crippen LogP contribution in [-0.2, 0) is 10.1 Å². The van der Waals surface area contributed by atoms with Crippen molar-refractivity contribution in [3.05, 3.63) is 29.8 Å². The van der Waals surface area contributed by atoms with E-state index < -0.39 is 27.4 Å². The van der Waals surface area contributed by atoms with E-state index >= 15 is 0 Å². The van der Waals surface area contributed by atoms with Gasteiger partial charge in [-0.1, -0.05) is 5.16 Å². The third-order valence-corrected chi connectivity index (χ3v) is 3.03. The van der Waals surface area contributed by atoms with Gasteiger partial charge in [0.25, 0.3) is 10.1 Å². The fraction of sp³-hybridized carbons (Fsp3) is 0.364. The van der Waals surface area contributed by atoms with Gasteiger partial charge in [-0.2, -0.15) is 21.6 Å². The summed E-state index contributed by atoms with van der Waals surface area (Å²) in [4.78, 5) is 0. The highest BCUT2D eigenvalue weighted by Crippen LogP contribution is 2.23. The Kier molecular flexibility index (Phi) is 7.29. The first-order chi connectivity index (χ1) is 9.93. The number of halogens is 3. The van der Waals surface area contributed by atoms with Crippen LogP contribution < -0.4 is 4.74 Å². The highest BCUT2D eigenvalue weighted by atomic mass is 32.2. The Balaban J connectivity index is 0.000000534. The van der Waals surface area contributed by atoms with Crippen molar-refractivity contribution in [3.63, 3.8) is 0 Å². The summed E-state index contributed by atoms with van der Waals surface area (Å²) >= 11 is 0. The fourth-order valence-electron chi connectivity index (χ4n) is 1.03. The normalized spacial score (nSPS) is 13.9. The number of ether oxygens (including phenoxy) is 1. The zero-order chi connectivity index (χ0) is 17.6. The Morgan fingerprint density at radius 1 is 1.27 bits per heavy atom. The summed E-state index contributed by atoms with van der Waals surface area (Å²) in [5.41, 5.74) is -3.22. The molecule has 0 bridgehead atoms. The molecule has 0 amide bonds. The molecular weight excluding hydrogens is 331 g/mol. The first kappa shape index (κ1) is 20.1. The average molecular weight is 345 g/mol. The second kappa shape index (κ2) is 7.96. The van der Waals surface area contributed by atoms with E-state index in [2.05, 4.69) is 5.16 Å². The standard InChI is InChI=1S/C9H8F3NO2.C2H6O4S/c1-15-7-4-2-6(3-5-7)8(13-14)9(10,11)12;1-2(3)7(4,5)6/h2-5,14H,1H3;2-3H,1H3,(H,4,5,6). The Hall–Kier alpha value is -1.85. The van der Waals surface area contributed by atoms with Crippen molar-refractivity contribution < 1.29 is 41.2 Å². The van der Waals surface area contributed by atoms with Crippen LogP contribution in [0.1, 0.15) is 12.5 Å². The second-order valence-electron chi connectivity index (χ2n) is 3.79. The number of oxime groups is 1.